The second kappa shape index (κ2) is 7.89. The summed E-state index contributed by atoms with van der Waals surface area (Å²) in [4.78, 5) is 13.5. The molecule has 4 rings (SSSR count). The number of imidazole rings is 1. The minimum atomic E-state index is -0.513. The third kappa shape index (κ3) is 4.17. The van der Waals surface area contributed by atoms with Gasteiger partial charge in [0.05, 0.1) is 30.4 Å². The van der Waals surface area contributed by atoms with Gasteiger partial charge < -0.3 is 20.5 Å². The molecule has 1 aliphatic heterocycles. The lowest BCUT2D eigenvalue weighted by Gasteiger charge is -2.24. The normalized spacial score (nSPS) is 18.4. The SMILES string of the molecule is C[C@H](O)COc1ccn2c(-c3cncc(N[C@@H]4CCCNC4)n3)cnc2c1. The monoisotopic (exact) mass is 368 g/mol. The van der Waals surface area contributed by atoms with E-state index in [1.54, 1.807) is 25.5 Å². The van der Waals surface area contributed by atoms with E-state index in [-0.39, 0.29) is 6.61 Å². The molecule has 0 aliphatic carbocycles. The molecule has 0 radical (unpaired) electrons. The predicted molar refractivity (Wildman–Crippen MR) is 103 cm³/mol. The van der Waals surface area contributed by atoms with Crippen molar-refractivity contribution in [2.75, 3.05) is 25.0 Å². The Morgan fingerprint density at radius 1 is 1.41 bits per heavy atom. The number of nitrogens with zero attached hydrogens (tertiary/aromatic N) is 4. The summed E-state index contributed by atoms with van der Waals surface area (Å²) in [6, 6.07) is 4.07. The van der Waals surface area contributed by atoms with Crippen LogP contribution in [0.25, 0.3) is 17.0 Å². The second-order valence-electron chi connectivity index (χ2n) is 6.87. The van der Waals surface area contributed by atoms with E-state index in [1.165, 1.54) is 0 Å². The Hall–Kier alpha value is -2.71. The molecule has 8 nitrogen and oxygen atoms in total. The number of hydrogen-bond acceptors (Lipinski definition) is 7. The molecule has 4 heterocycles. The van der Waals surface area contributed by atoms with Crippen molar-refractivity contribution in [3.05, 3.63) is 36.9 Å². The third-order valence-electron chi connectivity index (χ3n) is 4.52. The van der Waals surface area contributed by atoms with Crippen molar-refractivity contribution in [2.24, 2.45) is 0 Å². The highest BCUT2D eigenvalue weighted by atomic mass is 16.5. The van der Waals surface area contributed by atoms with Crippen LogP contribution in [-0.4, -0.2) is 56.3 Å². The van der Waals surface area contributed by atoms with Crippen molar-refractivity contribution in [2.45, 2.75) is 31.9 Å². The van der Waals surface area contributed by atoms with Crippen molar-refractivity contribution < 1.29 is 9.84 Å². The Labute approximate surface area is 157 Å². The highest BCUT2D eigenvalue weighted by molar-refractivity contribution is 5.61. The maximum Gasteiger partial charge on any atom is 0.145 e. The molecule has 0 bridgehead atoms. The van der Waals surface area contributed by atoms with Gasteiger partial charge in [0.15, 0.2) is 0 Å². The summed E-state index contributed by atoms with van der Waals surface area (Å²) in [5.74, 6) is 1.44. The van der Waals surface area contributed by atoms with Crippen LogP contribution in [0.4, 0.5) is 5.82 Å². The van der Waals surface area contributed by atoms with E-state index in [4.69, 9.17) is 9.72 Å². The fourth-order valence-corrected chi connectivity index (χ4v) is 3.20. The number of nitrogens with one attached hydrogen (secondary N) is 2. The van der Waals surface area contributed by atoms with E-state index >= 15 is 0 Å². The first-order valence-electron chi connectivity index (χ1n) is 9.27. The zero-order chi connectivity index (χ0) is 18.6. The van der Waals surface area contributed by atoms with Gasteiger partial charge in [-0.25, -0.2) is 9.97 Å². The minimum Gasteiger partial charge on any atom is -0.491 e. The molecule has 3 aromatic heterocycles. The first-order chi connectivity index (χ1) is 13.2. The summed E-state index contributed by atoms with van der Waals surface area (Å²) in [6.07, 6.45) is 8.95. The first kappa shape index (κ1) is 17.7. The molecule has 0 spiro atoms. The van der Waals surface area contributed by atoms with E-state index in [2.05, 4.69) is 20.6 Å². The Bertz CT molecular complexity index is 904. The molecular weight excluding hydrogens is 344 g/mol. The Balaban J connectivity index is 1.55. The standard InChI is InChI=1S/C19H24N6O2/c1-13(26)12-27-15-4-6-25-17(10-22-19(25)7-15)16-9-21-11-18(24-16)23-14-3-2-5-20-8-14/h4,6-7,9-11,13-14,20,26H,2-3,5,8,12H2,1H3,(H,23,24)/t13-,14+/m0/s1. The summed E-state index contributed by atoms with van der Waals surface area (Å²) in [5, 5.41) is 16.2. The van der Waals surface area contributed by atoms with Crippen molar-refractivity contribution in [1.29, 1.82) is 0 Å². The molecule has 1 aliphatic rings. The molecular formula is C19H24N6O2. The summed E-state index contributed by atoms with van der Waals surface area (Å²) >= 11 is 0. The molecule has 0 saturated carbocycles. The lowest BCUT2D eigenvalue weighted by Crippen LogP contribution is -2.38. The molecule has 0 amide bonds. The van der Waals surface area contributed by atoms with E-state index in [9.17, 15) is 5.11 Å². The topological polar surface area (TPSA) is 96.6 Å². The van der Waals surface area contributed by atoms with E-state index in [0.717, 1.165) is 48.8 Å². The van der Waals surface area contributed by atoms with Crippen LogP contribution in [0.3, 0.4) is 0 Å². The first-order valence-corrected chi connectivity index (χ1v) is 9.27. The molecule has 0 unspecified atom stereocenters. The zero-order valence-corrected chi connectivity index (χ0v) is 15.3. The number of aliphatic hydroxyl groups excluding tert-OH is 1. The fourth-order valence-electron chi connectivity index (χ4n) is 3.20. The molecule has 2 atom stereocenters. The fraction of sp³-hybridized carbons (Fsp3) is 0.421. The van der Waals surface area contributed by atoms with Crippen LogP contribution in [-0.2, 0) is 0 Å². The minimum absolute atomic E-state index is 0.249. The van der Waals surface area contributed by atoms with Gasteiger partial charge in [-0.2, -0.15) is 0 Å². The Morgan fingerprint density at radius 3 is 3.15 bits per heavy atom. The summed E-state index contributed by atoms with van der Waals surface area (Å²) < 4.78 is 7.50. The number of ether oxygens (including phenoxy) is 1. The lowest BCUT2D eigenvalue weighted by molar-refractivity contribution is 0.123. The third-order valence-corrected chi connectivity index (χ3v) is 4.52. The van der Waals surface area contributed by atoms with Crippen LogP contribution < -0.4 is 15.4 Å². The number of rotatable bonds is 6. The zero-order valence-electron chi connectivity index (χ0n) is 15.3. The Kier molecular flexibility index (Phi) is 5.17. The molecule has 3 N–H and O–H groups in total. The molecule has 3 aromatic rings. The van der Waals surface area contributed by atoms with Gasteiger partial charge >= 0.3 is 0 Å². The lowest BCUT2D eigenvalue weighted by atomic mass is 10.1. The van der Waals surface area contributed by atoms with Gasteiger partial charge in [0.25, 0.3) is 0 Å². The van der Waals surface area contributed by atoms with Gasteiger partial charge in [-0.05, 0) is 32.4 Å². The number of aromatic nitrogens is 4. The molecule has 8 heteroatoms. The van der Waals surface area contributed by atoms with Gasteiger partial charge in [0, 0.05) is 24.8 Å². The number of fused-ring (bicyclic) bond motifs is 1. The maximum absolute atomic E-state index is 9.35. The van der Waals surface area contributed by atoms with E-state index in [1.807, 2.05) is 22.7 Å². The number of aliphatic hydroxyl groups is 1. The average molecular weight is 368 g/mol. The maximum atomic E-state index is 9.35. The Morgan fingerprint density at radius 2 is 2.33 bits per heavy atom. The van der Waals surface area contributed by atoms with Crippen LogP contribution in [0.15, 0.2) is 36.9 Å². The molecule has 0 aromatic carbocycles. The van der Waals surface area contributed by atoms with Crippen LogP contribution in [0.5, 0.6) is 5.75 Å². The van der Waals surface area contributed by atoms with Gasteiger partial charge in [0.2, 0.25) is 0 Å². The highest BCUT2D eigenvalue weighted by Gasteiger charge is 2.14. The van der Waals surface area contributed by atoms with Crippen molar-refractivity contribution in [1.82, 2.24) is 24.7 Å². The molecule has 142 valence electrons. The smallest absolute Gasteiger partial charge is 0.145 e. The number of pyridine rings is 1. The average Bonchev–Trinajstić information content (AvgIpc) is 3.11. The van der Waals surface area contributed by atoms with E-state index in [0.29, 0.717) is 11.8 Å². The van der Waals surface area contributed by atoms with Gasteiger partial charge in [-0.3, -0.25) is 9.38 Å². The van der Waals surface area contributed by atoms with Gasteiger partial charge in [-0.1, -0.05) is 0 Å². The van der Waals surface area contributed by atoms with Crippen molar-refractivity contribution in [3.63, 3.8) is 0 Å². The molecule has 27 heavy (non-hydrogen) atoms. The van der Waals surface area contributed by atoms with Crippen molar-refractivity contribution in [3.8, 4) is 17.1 Å². The predicted octanol–water partition coefficient (Wildman–Crippen LogP) is 1.71. The van der Waals surface area contributed by atoms with Gasteiger partial charge in [0.1, 0.15) is 29.5 Å². The van der Waals surface area contributed by atoms with Crippen LogP contribution in [0.2, 0.25) is 0 Å². The number of anilines is 1. The number of piperidine rings is 1. The quantitative estimate of drug-likeness (QED) is 0.609. The second-order valence-corrected chi connectivity index (χ2v) is 6.87. The van der Waals surface area contributed by atoms with Crippen LogP contribution >= 0.6 is 0 Å². The number of hydrogen-bond donors (Lipinski definition) is 3. The molecule has 1 saturated heterocycles. The largest absolute Gasteiger partial charge is 0.491 e. The summed E-state index contributed by atoms with van der Waals surface area (Å²) in [6.45, 7) is 3.96. The van der Waals surface area contributed by atoms with Crippen LogP contribution in [0, 0.1) is 0 Å². The van der Waals surface area contributed by atoms with Crippen molar-refractivity contribution >= 4 is 11.5 Å². The van der Waals surface area contributed by atoms with E-state index < -0.39 is 6.10 Å². The van der Waals surface area contributed by atoms with Crippen LogP contribution in [0.1, 0.15) is 19.8 Å². The molecule has 1 fully saturated rings. The highest BCUT2D eigenvalue weighted by Crippen LogP contribution is 2.23. The summed E-state index contributed by atoms with van der Waals surface area (Å²) in [7, 11) is 0. The summed E-state index contributed by atoms with van der Waals surface area (Å²) in [5.41, 5.74) is 2.38. The van der Waals surface area contributed by atoms with Gasteiger partial charge in [-0.15, -0.1) is 0 Å².